The van der Waals surface area contributed by atoms with E-state index in [-0.39, 0.29) is 5.82 Å². The van der Waals surface area contributed by atoms with Gasteiger partial charge in [0.15, 0.2) is 0 Å². The molecule has 0 aliphatic carbocycles. The number of aryl methyl sites for hydroxylation is 1. The molecule has 0 amide bonds. The second-order valence-electron chi connectivity index (χ2n) is 4.68. The zero-order chi connectivity index (χ0) is 14.4. The number of nitrogens with zero attached hydrogens (tertiary/aromatic N) is 2. The minimum absolute atomic E-state index is 0.189. The molecule has 0 bridgehead atoms. The lowest BCUT2D eigenvalue weighted by Gasteiger charge is -2.17. The number of hydrogen-bond acceptors (Lipinski definition) is 3. The average molecular weight is 293 g/mol. The molecular weight excluding hydrogens is 273 g/mol. The van der Waals surface area contributed by atoms with Crippen LogP contribution in [0.3, 0.4) is 0 Å². The van der Waals surface area contributed by atoms with E-state index in [1.807, 2.05) is 36.1 Å². The van der Waals surface area contributed by atoms with E-state index in [2.05, 4.69) is 17.2 Å². The van der Waals surface area contributed by atoms with E-state index in [9.17, 15) is 4.39 Å². The highest BCUT2D eigenvalue weighted by Crippen LogP contribution is 2.20. The van der Waals surface area contributed by atoms with E-state index in [4.69, 9.17) is 0 Å². The normalized spacial score (nSPS) is 12.6. The van der Waals surface area contributed by atoms with Gasteiger partial charge in [0.25, 0.3) is 0 Å². The Balaban J connectivity index is 1.92. The Bertz CT molecular complexity index is 524. The summed E-state index contributed by atoms with van der Waals surface area (Å²) in [5.41, 5.74) is 0. The number of hydrogen-bond donors (Lipinski definition) is 1. The fourth-order valence-corrected chi connectivity index (χ4v) is 2.98. The molecule has 1 aromatic heterocycles. The molecule has 0 radical (unpaired) electrons. The van der Waals surface area contributed by atoms with Gasteiger partial charge in [-0.15, -0.1) is 11.8 Å². The van der Waals surface area contributed by atoms with Crippen LogP contribution in [0.5, 0.6) is 0 Å². The van der Waals surface area contributed by atoms with Crippen molar-refractivity contribution in [2.45, 2.75) is 24.3 Å². The predicted molar refractivity (Wildman–Crippen MR) is 81.5 cm³/mol. The molecule has 1 N–H and O–H groups in total. The molecule has 0 saturated heterocycles. The Kier molecular flexibility index (Phi) is 5.61. The van der Waals surface area contributed by atoms with E-state index in [0.717, 1.165) is 29.4 Å². The third-order valence-electron chi connectivity index (χ3n) is 3.11. The highest BCUT2D eigenvalue weighted by molar-refractivity contribution is 7.99. The summed E-state index contributed by atoms with van der Waals surface area (Å²) < 4.78 is 14.9. The van der Waals surface area contributed by atoms with Crippen molar-refractivity contribution in [1.29, 1.82) is 0 Å². The number of nitrogens with one attached hydrogen (secondary N) is 1. The Morgan fingerprint density at radius 2 is 2.10 bits per heavy atom. The van der Waals surface area contributed by atoms with Crippen molar-refractivity contribution in [3.05, 3.63) is 48.3 Å². The molecule has 20 heavy (non-hydrogen) atoms. The van der Waals surface area contributed by atoms with Crippen molar-refractivity contribution < 1.29 is 4.39 Å². The summed E-state index contributed by atoms with van der Waals surface area (Å²) in [6.07, 6.45) is 4.68. The highest BCUT2D eigenvalue weighted by Gasteiger charge is 2.12. The smallest absolute Gasteiger partial charge is 0.123 e. The van der Waals surface area contributed by atoms with Crippen molar-refractivity contribution in [1.82, 2.24) is 14.9 Å². The van der Waals surface area contributed by atoms with Crippen LogP contribution in [0.25, 0.3) is 0 Å². The number of thioether (sulfide) groups is 1. The number of aromatic nitrogens is 2. The standard InChI is InChI=1S/C15H20FN3S/c1-3-17-13(10-15-18-8-9-19(15)2)11-20-14-6-4-12(16)5-7-14/h4-9,13,17H,3,10-11H2,1-2H3. The Morgan fingerprint density at radius 3 is 2.70 bits per heavy atom. The molecule has 3 nitrogen and oxygen atoms in total. The summed E-state index contributed by atoms with van der Waals surface area (Å²) in [4.78, 5) is 5.46. The van der Waals surface area contributed by atoms with Crippen LogP contribution in [-0.2, 0) is 13.5 Å². The fourth-order valence-electron chi connectivity index (χ4n) is 2.02. The van der Waals surface area contributed by atoms with Gasteiger partial charge in [0.1, 0.15) is 11.6 Å². The molecule has 0 aliphatic heterocycles. The Morgan fingerprint density at radius 1 is 1.35 bits per heavy atom. The van der Waals surface area contributed by atoms with Crippen molar-refractivity contribution in [3.63, 3.8) is 0 Å². The Hall–Kier alpha value is -1.33. The number of likely N-dealkylation sites (N-methyl/N-ethyl adjacent to an activating group) is 1. The van der Waals surface area contributed by atoms with Gasteiger partial charge in [-0.3, -0.25) is 0 Å². The lowest BCUT2D eigenvalue weighted by atomic mass is 10.2. The van der Waals surface area contributed by atoms with E-state index >= 15 is 0 Å². The molecule has 0 fully saturated rings. The van der Waals surface area contributed by atoms with Gasteiger partial charge in [-0.25, -0.2) is 9.37 Å². The van der Waals surface area contributed by atoms with Crippen LogP contribution >= 0.6 is 11.8 Å². The van der Waals surface area contributed by atoms with Crippen LogP contribution in [0.4, 0.5) is 4.39 Å². The first kappa shape index (κ1) is 15.1. The molecule has 1 heterocycles. The van der Waals surface area contributed by atoms with Gasteiger partial charge in [-0.1, -0.05) is 6.92 Å². The van der Waals surface area contributed by atoms with Crippen LogP contribution in [0.1, 0.15) is 12.7 Å². The van der Waals surface area contributed by atoms with E-state index in [0.29, 0.717) is 6.04 Å². The van der Waals surface area contributed by atoms with Gasteiger partial charge in [-0.2, -0.15) is 0 Å². The molecule has 1 aromatic carbocycles. The predicted octanol–water partition coefficient (Wildman–Crippen LogP) is 2.87. The van der Waals surface area contributed by atoms with Gasteiger partial charge in [0, 0.05) is 42.6 Å². The Labute approximate surface area is 123 Å². The molecule has 0 spiro atoms. The largest absolute Gasteiger partial charge is 0.338 e. The van der Waals surface area contributed by atoms with Crippen molar-refractivity contribution in [2.75, 3.05) is 12.3 Å². The maximum absolute atomic E-state index is 12.9. The molecule has 0 aliphatic rings. The summed E-state index contributed by atoms with van der Waals surface area (Å²) >= 11 is 1.74. The molecule has 108 valence electrons. The first-order valence-electron chi connectivity index (χ1n) is 6.77. The lowest BCUT2D eigenvalue weighted by Crippen LogP contribution is -2.34. The zero-order valence-electron chi connectivity index (χ0n) is 11.8. The quantitative estimate of drug-likeness (QED) is 0.796. The van der Waals surface area contributed by atoms with Gasteiger partial charge in [-0.05, 0) is 30.8 Å². The second kappa shape index (κ2) is 7.45. The molecule has 2 rings (SSSR count). The van der Waals surface area contributed by atoms with Crippen molar-refractivity contribution >= 4 is 11.8 Å². The number of benzene rings is 1. The van der Waals surface area contributed by atoms with Crippen LogP contribution in [0.15, 0.2) is 41.6 Å². The van der Waals surface area contributed by atoms with Gasteiger partial charge < -0.3 is 9.88 Å². The number of imidazole rings is 1. The van der Waals surface area contributed by atoms with E-state index in [1.165, 1.54) is 12.1 Å². The average Bonchev–Trinajstić information content (AvgIpc) is 2.84. The summed E-state index contributed by atoms with van der Waals surface area (Å²) in [5.74, 6) is 1.83. The number of halogens is 1. The van der Waals surface area contributed by atoms with E-state index in [1.54, 1.807) is 11.8 Å². The maximum Gasteiger partial charge on any atom is 0.123 e. The first-order chi connectivity index (χ1) is 9.69. The summed E-state index contributed by atoms with van der Waals surface area (Å²) in [7, 11) is 2.01. The van der Waals surface area contributed by atoms with Crippen LogP contribution < -0.4 is 5.32 Å². The third-order valence-corrected chi connectivity index (χ3v) is 4.28. The first-order valence-corrected chi connectivity index (χ1v) is 7.75. The fraction of sp³-hybridized carbons (Fsp3) is 0.400. The number of rotatable bonds is 7. The van der Waals surface area contributed by atoms with Gasteiger partial charge in [0.2, 0.25) is 0 Å². The SMILES string of the molecule is CCNC(CSc1ccc(F)cc1)Cc1nccn1C. The summed E-state index contributed by atoms with van der Waals surface area (Å²) in [6.45, 7) is 3.03. The monoisotopic (exact) mass is 293 g/mol. The van der Waals surface area contributed by atoms with Gasteiger partial charge in [0.05, 0.1) is 0 Å². The van der Waals surface area contributed by atoms with E-state index < -0.39 is 0 Å². The summed E-state index contributed by atoms with van der Waals surface area (Å²) in [6, 6.07) is 7.01. The van der Waals surface area contributed by atoms with Gasteiger partial charge >= 0.3 is 0 Å². The maximum atomic E-state index is 12.9. The minimum atomic E-state index is -0.189. The highest BCUT2D eigenvalue weighted by atomic mass is 32.2. The minimum Gasteiger partial charge on any atom is -0.338 e. The zero-order valence-corrected chi connectivity index (χ0v) is 12.7. The van der Waals surface area contributed by atoms with Crippen LogP contribution in [-0.4, -0.2) is 27.9 Å². The molecule has 5 heteroatoms. The summed E-state index contributed by atoms with van der Waals surface area (Å²) in [5, 5.41) is 3.48. The lowest BCUT2D eigenvalue weighted by molar-refractivity contribution is 0.550. The van der Waals surface area contributed by atoms with Crippen LogP contribution in [0.2, 0.25) is 0 Å². The van der Waals surface area contributed by atoms with Crippen LogP contribution in [0, 0.1) is 5.82 Å². The molecular formula is C15H20FN3S. The molecule has 1 unspecified atom stereocenters. The molecule has 2 aromatic rings. The molecule has 1 atom stereocenters. The third kappa shape index (κ3) is 4.35. The topological polar surface area (TPSA) is 29.9 Å². The second-order valence-corrected chi connectivity index (χ2v) is 5.77. The molecule has 0 saturated carbocycles. The van der Waals surface area contributed by atoms with Crippen molar-refractivity contribution in [2.24, 2.45) is 7.05 Å². The van der Waals surface area contributed by atoms with Crippen molar-refractivity contribution in [3.8, 4) is 0 Å².